The van der Waals surface area contributed by atoms with Crippen LogP contribution in [-0.4, -0.2) is 32.4 Å². The minimum Gasteiger partial charge on any atom is -0.465 e. The first-order chi connectivity index (χ1) is 12.1. The summed E-state index contributed by atoms with van der Waals surface area (Å²) in [4.78, 5) is 18.0. The number of carbonyl (C=O) groups is 1. The molecule has 0 aliphatic carbocycles. The van der Waals surface area contributed by atoms with Crippen LogP contribution in [0.2, 0.25) is 0 Å². The largest absolute Gasteiger partial charge is 0.465 e. The first-order valence-corrected chi connectivity index (χ1v) is 8.36. The summed E-state index contributed by atoms with van der Waals surface area (Å²) in [6.07, 6.45) is 3.87. The fourth-order valence-electron chi connectivity index (χ4n) is 3.01. The van der Waals surface area contributed by atoms with Gasteiger partial charge in [-0.3, -0.25) is 4.99 Å². The Bertz CT molecular complexity index is 811. The fourth-order valence-corrected chi connectivity index (χ4v) is 3.01. The number of carbonyl (C=O) groups excluding carboxylic acids is 1. The molecule has 5 heteroatoms. The molecule has 0 bridgehead atoms. The third kappa shape index (κ3) is 3.87. The maximum Gasteiger partial charge on any atom is 0.337 e. The third-order valence-electron chi connectivity index (χ3n) is 4.39. The monoisotopic (exact) mass is 340 g/mol. The average Bonchev–Trinajstić information content (AvgIpc) is 3.14. The van der Waals surface area contributed by atoms with Gasteiger partial charge in [-0.1, -0.05) is 6.07 Å². The first-order valence-electron chi connectivity index (χ1n) is 8.36. The van der Waals surface area contributed by atoms with Crippen LogP contribution in [0.1, 0.15) is 34.3 Å². The van der Waals surface area contributed by atoms with E-state index < -0.39 is 0 Å². The molecule has 0 saturated carbocycles. The van der Waals surface area contributed by atoms with Gasteiger partial charge in [0.05, 0.1) is 24.0 Å². The van der Waals surface area contributed by atoms with E-state index in [4.69, 9.17) is 4.74 Å². The Hall–Kier alpha value is -2.69. The molecule has 0 unspecified atom stereocenters. The predicted octanol–water partition coefficient (Wildman–Crippen LogP) is 4.27. The van der Waals surface area contributed by atoms with E-state index in [-0.39, 0.29) is 11.8 Å². The topological polar surface area (TPSA) is 41.9 Å². The maximum absolute atomic E-state index is 14.3. The molecule has 0 aromatic heterocycles. The van der Waals surface area contributed by atoms with E-state index in [1.54, 1.807) is 24.4 Å². The number of halogens is 1. The highest BCUT2D eigenvalue weighted by Gasteiger charge is 2.15. The summed E-state index contributed by atoms with van der Waals surface area (Å²) < 4.78 is 19.0. The van der Waals surface area contributed by atoms with E-state index in [0.717, 1.165) is 37.2 Å². The lowest BCUT2D eigenvalue weighted by atomic mass is 10.1. The van der Waals surface area contributed by atoms with Crippen molar-refractivity contribution in [3.05, 3.63) is 58.9 Å². The Labute approximate surface area is 146 Å². The van der Waals surface area contributed by atoms with Crippen molar-refractivity contribution >= 4 is 23.6 Å². The van der Waals surface area contributed by atoms with Crippen LogP contribution in [0.15, 0.2) is 41.4 Å². The number of rotatable bonds is 4. The minimum absolute atomic E-state index is 0.219. The van der Waals surface area contributed by atoms with Crippen molar-refractivity contribution in [3.8, 4) is 0 Å². The zero-order valence-electron chi connectivity index (χ0n) is 14.5. The zero-order valence-corrected chi connectivity index (χ0v) is 14.5. The Balaban J connectivity index is 1.77. The molecule has 130 valence electrons. The first kappa shape index (κ1) is 17.1. The van der Waals surface area contributed by atoms with Crippen LogP contribution in [0.5, 0.6) is 0 Å². The van der Waals surface area contributed by atoms with Gasteiger partial charge in [-0.15, -0.1) is 0 Å². The molecule has 0 amide bonds. The second-order valence-electron chi connectivity index (χ2n) is 6.16. The van der Waals surface area contributed by atoms with Crippen LogP contribution < -0.4 is 4.90 Å². The van der Waals surface area contributed by atoms with Crippen LogP contribution in [0, 0.1) is 12.7 Å². The zero-order chi connectivity index (χ0) is 17.8. The minimum atomic E-state index is -0.377. The summed E-state index contributed by atoms with van der Waals surface area (Å²) >= 11 is 0. The number of nitrogens with zero attached hydrogens (tertiary/aromatic N) is 2. The van der Waals surface area contributed by atoms with Gasteiger partial charge >= 0.3 is 5.97 Å². The molecule has 0 atom stereocenters. The molecule has 0 spiro atoms. The molecule has 4 nitrogen and oxygen atoms in total. The highest BCUT2D eigenvalue weighted by Crippen LogP contribution is 2.25. The molecule has 1 fully saturated rings. The van der Waals surface area contributed by atoms with E-state index in [1.165, 1.54) is 13.2 Å². The van der Waals surface area contributed by atoms with E-state index in [1.807, 2.05) is 19.1 Å². The molecule has 2 aromatic carbocycles. The van der Waals surface area contributed by atoms with Crippen molar-refractivity contribution in [3.63, 3.8) is 0 Å². The lowest BCUT2D eigenvalue weighted by Crippen LogP contribution is -2.18. The van der Waals surface area contributed by atoms with Crippen molar-refractivity contribution in [1.82, 2.24) is 0 Å². The van der Waals surface area contributed by atoms with Crippen molar-refractivity contribution in [2.45, 2.75) is 19.8 Å². The Morgan fingerprint density at radius 3 is 2.60 bits per heavy atom. The molecule has 2 aromatic rings. The number of methoxy groups -OCH3 is 1. The summed E-state index contributed by atoms with van der Waals surface area (Å²) in [6, 6.07) is 10.4. The van der Waals surface area contributed by atoms with E-state index in [2.05, 4.69) is 9.89 Å². The van der Waals surface area contributed by atoms with Crippen LogP contribution in [0.3, 0.4) is 0 Å². The quantitative estimate of drug-likeness (QED) is 0.616. The van der Waals surface area contributed by atoms with Gasteiger partial charge < -0.3 is 9.64 Å². The Kier molecular flexibility index (Phi) is 5.12. The average molecular weight is 340 g/mol. The predicted molar refractivity (Wildman–Crippen MR) is 97.6 cm³/mol. The van der Waals surface area contributed by atoms with Gasteiger partial charge in [0, 0.05) is 19.3 Å². The molecule has 0 N–H and O–H groups in total. The summed E-state index contributed by atoms with van der Waals surface area (Å²) in [5.74, 6) is -0.596. The number of aliphatic imine (C=N–C) groups is 1. The van der Waals surface area contributed by atoms with Crippen LogP contribution in [0.25, 0.3) is 0 Å². The molecule has 1 aliphatic heterocycles. The van der Waals surface area contributed by atoms with Crippen LogP contribution in [0.4, 0.5) is 15.8 Å². The number of hydrogen-bond donors (Lipinski definition) is 0. The van der Waals surface area contributed by atoms with Gasteiger partial charge in [0.1, 0.15) is 5.82 Å². The maximum atomic E-state index is 14.3. The molecule has 3 rings (SSSR count). The number of hydrogen-bond acceptors (Lipinski definition) is 4. The second-order valence-corrected chi connectivity index (χ2v) is 6.16. The van der Waals surface area contributed by atoms with E-state index in [0.29, 0.717) is 16.8 Å². The smallest absolute Gasteiger partial charge is 0.337 e. The van der Waals surface area contributed by atoms with E-state index in [9.17, 15) is 9.18 Å². The molecule has 1 heterocycles. The van der Waals surface area contributed by atoms with Crippen molar-refractivity contribution in [1.29, 1.82) is 0 Å². The van der Waals surface area contributed by atoms with Crippen molar-refractivity contribution < 1.29 is 13.9 Å². The van der Waals surface area contributed by atoms with Crippen LogP contribution in [-0.2, 0) is 4.74 Å². The van der Waals surface area contributed by atoms with Crippen LogP contribution >= 0.6 is 0 Å². The second kappa shape index (κ2) is 7.47. The fraction of sp³-hybridized carbons (Fsp3) is 0.300. The highest BCUT2D eigenvalue weighted by atomic mass is 19.1. The van der Waals surface area contributed by atoms with Gasteiger partial charge in [-0.2, -0.15) is 0 Å². The SMILES string of the molecule is COC(=O)c1ccc(N=Cc2ccc(N3CCCC3)c(F)c2)c(C)c1. The number of ether oxygens (including phenoxy) is 1. The molecular formula is C20H21FN2O2. The van der Waals surface area contributed by atoms with Gasteiger partial charge in [-0.05, 0) is 61.2 Å². The Morgan fingerprint density at radius 1 is 1.20 bits per heavy atom. The summed E-state index contributed by atoms with van der Waals surface area (Å²) in [5, 5.41) is 0. The molecule has 1 aliphatic rings. The Morgan fingerprint density at radius 2 is 1.96 bits per heavy atom. The summed E-state index contributed by atoms with van der Waals surface area (Å²) in [7, 11) is 1.35. The normalized spacial score (nSPS) is 14.3. The molecular weight excluding hydrogens is 319 g/mol. The van der Waals surface area contributed by atoms with Crippen molar-refractivity contribution in [2.24, 2.45) is 4.99 Å². The number of aryl methyl sites for hydroxylation is 1. The number of benzene rings is 2. The van der Waals surface area contributed by atoms with Crippen molar-refractivity contribution in [2.75, 3.05) is 25.1 Å². The number of anilines is 1. The van der Waals surface area contributed by atoms with E-state index >= 15 is 0 Å². The lowest BCUT2D eigenvalue weighted by molar-refractivity contribution is 0.0600. The van der Waals surface area contributed by atoms with Gasteiger partial charge in [-0.25, -0.2) is 9.18 Å². The van der Waals surface area contributed by atoms with Gasteiger partial charge in [0.2, 0.25) is 0 Å². The summed E-state index contributed by atoms with van der Waals surface area (Å²) in [5.41, 5.74) is 3.44. The van der Waals surface area contributed by atoms with Gasteiger partial charge in [0.15, 0.2) is 0 Å². The molecule has 0 radical (unpaired) electrons. The highest BCUT2D eigenvalue weighted by molar-refractivity contribution is 5.90. The lowest BCUT2D eigenvalue weighted by Gasteiger charge is -2.18. The summed E-state index contributed by atoms with van der Waals surface area (Å²) in [6.45, 7) is 3.70. The third-order valence-corrected chi connectivity index (χ3v) is 4.39. The standard InChI is InChI=1S/C20H21FN2O2/c1-14-11-16(20(24)25-2)6-7-18(14)22-13-15-5-8-19(17(21)12-15)23-9-3-4-10-23/h5-8,11-13H,3-4,9-10H2,1-2H3. The van der Waals surface area contributed by atoms with Gasteiger partial charge in [0.25, 0.3) is 0 Å². The number of esters is 1. The molecule has 1 saturated heterocycles. The molecule has 25 heavy (non-hydrogen) atoms.